The Morgan fingerprint density at radius 3 is 3.10 bits per heavy atom. The topological polar surface area (TPSA) is 26.2 Å². The monoisotopic (exact) mass is 290 g/mol. The summed E-state index contributed by atoms with van der Waals surface area (Å²) in [6, 6.07) is 8.57. The van der Waals surface area contributed by atoms with Crippen LogP contribution in [-0.4, -0.2) is 18.2 Å². The van der Waals surface area contributed by atoms with Crippen molar-refractivity contribution in [1.82, 2.24) is 9.88 Å². The predicted octanol–water partition coefficient (Wildman–Crippen LogP) is 3.41. The van der Waals surface area contributed by atoms with Crippen molar-refractivity contribution < 1.29 is 4.74 Å². The number of halogens is 1. The van der Waals surface area contributed by atoms with Gasteiger partial charge in [-0.25, -0.2) is 0 Å². The van der Waals surface area contributed by atoms with Gasteiger partial charge >= 0.3 is 0 Å². The number of hydrogen-bond donors (Lipinski definition) is 1. The van der Waals surface area contributed by atoms with Crippen molar-refractivity contribution in [2.24, 2.45) is 0 Å². The van der Waals surface area contributed by atoms with Crippen LogP contribution in [0.1, 0.15) is 29.8 Å². The van der Waals surface area contributed by atoms with E-state index in [0.717, 1.165) is 35.9 Å². The van der Waals surface area contributed by atoms with Crippen LogP contribution in [0, 0.1) is 0 Å². The van der Waals surface area contributed by atoms with Gasteiger partial charge in [0, 0.05) is 34.9 Å². The van der Waals surface area contributed by atoms with Crippen molar-refractivity contribution >= 4 is 11.6 Å². The van der Waals surface area contributed by atoms with Gasteiger partial charge in [0.2, 0.25) is 0 Å². The van der Waals surface area contributed by atoms with Crippen LogP contribution in [-0.2, 0) is 13.0 Å². The molecule has 3 nitrogen and oxygen atoms in total. The van der Waals surface area contributed by atoms with Crippen molar-refractivity contribution in [3.63, 3.8) is 0 Å². The summed E-state index contributed by atoms with van der Waals surface area (Å²) < 4.78 is 8.02. The summed E-state index contributed by atoms with van der Waals surface area (Å²) in [6.45, 7) is 3.70. The molecule has 0 radical (unpaired) electrons. The van der Waals surface area contributed by atoms with Gasteiger partial charge in [-0.05, 0) is 43.8 Å². The van der Waals surface area contributed by atoms with Gasteiger partial charge in [0.15, 0.2) is 0 Å². The van der Waals surface area contributed by atoms with E-state index in [0.29, 0.717) is 6.04 Å². The van der Waals surface area contributed by atoms with E-state index in [1.807, 2.05) is 19.2 Å². The first-order valence-electron chi connectivity index (χ1n) is 6.95. The predicted molar refractivity (Wildman–Crippen MR) is 81.7 cm³/mol. The van der Waals surface area contributed by atoms with E-state index < -0.39 is 0 Å². The van der Waals surface area contributed by atoms with E-state index in [1.165, 1.54) is 11.3 Å². The van der Waals surface area contributed by atoms with Gasteiger partial charge in [0.05, 0.1) is 13.2 Å². The fourth-order valence-corrected chi connectivity index (χ4v) is 3.02. The summed E-state index contributed by atoms with van der Waals surface area (Å²) in [5, 5.41) is 4.07. The summed E-state index contributed by atoms with van der Waals surface area (Å²) in [7, 11) is 1.97. The van der Waals surface area contributed by atoms with Crippen molar-refractivity contribution in [2.75, 3.05) is 13.7 Å². The van der Waals surface area contributed by atoms with Gasteiger partial charge < -0.3 is 14.6 Å². The van der Waals surface area contributed by atoms with Crippen molar-refractivity contribution in [1.29, 1.82) is 0 Å². The number of hydrogen-bond acceptors (Lipinski definition) is 2. The van der Waals surface area contributed by atoms with Gasteiger partial charge in [-0.1, -0.05) is 11.6 Å². The first-order valence-corrected chi connectivity index (χ1v) is 7.33. The molecule has 0 bridgehead atoms. The van der Waals surface area contributed by atoms with Gasteiger partial charge in [-0.15, -0.1) is 0 Å². The average molecular weight is 291 g/mol. The van der Waals surface area contributed by atoms with Crippen LogP contribution >= 0.6 is 11.6 Å². The summed E-state index contributed by atoms with van der Waals surface area (Å²) in [4.78, 5) is 0. The lowest BCUT2D eigenvalue weighted by molar-refractivity contribution is 0.352. The molecule has 2 aromatic rings. The molecule has 1 aliphatic heterocycles. The minimum absolute atomic E-state index is 0.318. The maximum Gasteiger partial charge on any atom is 0.127 e. The summed E-state index contributed by atoms with van der Waals surface area (Å²) in [5.74, 6) is 1.02. The fourth-order valence-electron chi connectivity index (χ4n) is 2.76. The zero-order valence-corrected chi connectivity index (χ0v) is 12.6. The molecule has 0 saturated heterocycles. The van der Waals surface area contributed by atoms with E-state index in [9.17, 15) is 0 Å². The Balaban J connectivity index is 1.95. The molecular weight excluding hydrogens is 272 g/mol. The standard InChI is InChI=1S/C16H19ClN2O/c1-11(18-2)15-4-3-6-19(15)10-13-9-14(17)8-12-5-7-20-16(12)13/h3-4,6,8-9,11,18H,5,7,10H2,1-2H3. The molecule has 0 aliphatic carbocycles. The lowest BCUT2D eigenvalue weighted by Crippen LogP contribution is -2.17. The molecule has 0 spiro atoms. The Labute approximate surface area is 124 Å². The van der Waals surface area contributed by atoms with Crippen LogP contribution < -0.4 is 10.1 Å². The van der Waals surface area contributed by atoms with E-state index in [2.05, 4.69) is 35.1 Å². The number of fused-ring (bicyclic) bond motifs is 1. The zero-order valence-electron chi connectivity index (χ0n) is 11.8. The maximum absolute atomic E-state index is 6.22. The molecule has 1 N–H and O–H groups in total. The number of nitrogens with zero attached hydrogens (tertiary/aromatic N) is 1. The van der Waals surface area contributed by atoms with Gasteiger partial charge in [-0.2, -0.15) is 0 Å². The number of nitrogens with one attached hydrogen (secondary N) is 1. The normalized spacial score (nSPS) is 14.9. The second kappa shape index (κ2) is 5.51. The van der Waals surface area contributed by atoms with Crippen LogP contribution in [0.5, 0.6) is 5.75 Å². The van der Waals surface area contributed by atoms with Crippen molar-refractivity contribution in [3.8, 4) is 5.75 Å². The SMILES string of the molecule is CNC(C)c1cccn1Cc1cc(Cl)cc2c1OCC2. The van der Waals surface area contributed by atoms with E-state index in [-0.39, 0.29) is 0 Å². The van der Waals surface area contributed by atoms with Gasteiger partial charge in [-0.3, -0.25) is 0 Å². The summed E-state index contributed by atoms with van der Waals surface area (Å²) >= 11 is 6.22. The van der Waals surface area contributed by atoms with Crippen LogP contribution in [0.2, 0.25) is 5.02 Å². The minimum Gasteiger partial charge on any atom is -0.493 e. The van der Waals surface area contributed by atoms with Crippen LogP contribution in [0.3, 0.4) is 0 Å². The Morgan fingerprint density at radius 1 is 1.45 bits per heavy atom. The number of benzene rings is 1. The largest absolute Gasteiger partial charge is 0.493 e. The molecule has 0 fully saturated rings. The minimum atomic E-state index is 0.318. The van der Waals surface area contributed by atoms with Gasteiger partial charge in [0.1, 0.15) is 5.75 Å². The molecule has 1 atom stereocenters. The fraction of sp³-hybridized carbons (Fsp3) is 0.375. The van der Waals surface area contributed by atoms with E-state index in [4.69, 9.17) is 16.3 Å². The first kappa shape index (κ1) is 13.5. The van der Waals surface area contributed by atoms with Crippen LogP contribution in [0.25, 0.3) is 0 Å². The molecular formula is C16H19ClN2O. The molecule has 0 amide bonds. The molecule has 20 heavy (non-hydrogen) atoms. The number of aromatic nitrogens is 1. The van der Waals surface area contributed by atoms with Crippen LogP contribution in [0.15, 0.2) is 30.5 Å². The Kier molecular flexibility index (Phi) is 3.72. The van der Waals surface area contributed by atoms with Gasteiger partial charge in [0.25, 0.3) is 0 Å². The molecule has 106 valence electrons. The van der Waals surface area contributed by atoms with Crippen molar-refractivity contribution in [3.05, 3.63) is 52.3 Å². The van der Waals surface area contributed by atoms with Crippen molar-refractivity contribution in [2.45, 2.75) is 25.9 Å². The molecule has 1 unspecified atom stereocenters. The molecule has 1 aromatic heterocycles. The lowest BCUT2D eigenvalue weighted by Gasteiger charge is -2.16. The molecule has 4 heteroatoms. The Bertz CT molecular complexity index is 621. The lowest BCUT2D eigenvalue weighted by atomic mass is 10.1. The zero-order chi connectivity index (χ0) is 14.1. The second-order valence-electron chi connectivity index (χ2n) is 5.22. The van der Waals surface area contributed by atoms with E-state index in [1.54, 1.807) is 0 Å². The molecule has 3 rings (SSSR count). The highest BCUT2D eigenvalue weighted by Gasteiger charge is 2.18. The Morgan fingerprint density at radius 2 is 2.30 bits per heavy atom. The summed E-state index contributed by atoms with van der Waals surface area (Å²) in [5.41, 5.74) is 3.65. The smallest absolute Gasteiger partial charge is 0.127 e. The molecule has 1 aliphatic rings. The highest BCUT2D eigenvalue weighted by Crippen LogP contribution is 2.33. The molecule has 1 aromatic carbocycles. The molecule has 2 heterocycles. The highest BCUT2D eigenvalue weighted by atomic mass is 35.5. The Hall–Kier alpha value is -1.45. The second-order valence-corrected chi connectivity index (χ2v) is 5.66. The quantitative estimate of drug-likeness (QED) is 0.934. The highest BCUT2D eigenvalue weighted by molar-refractivity contribution is 6.30. The number of rotatable bonds is 4. The molecule has 0 saturated carbocycles. The third-order valence-corrected chi connectivity index (χ3v) is 4.13. The third kappa shape index (κ3) is 2.43. The first-order chi connectivity index (χ1) is 9.69. The summed E-state index contributed by atoms with van der Waals surface area (Å²) in [6.07, 6.45) is 3.06. The third-order valence-electron chi connectivity index (χ3n) is 3.91. The van der Waals surface area contributed by atoms with Crippen LogP contribution in [0.4, 0.5) is 0 Å². The average Bonchev–Trinajstić information content (AvgIpc) is 3.06. The number of ether oxygens (including phenoxy) is 1. The maximum atomic E-state index is 6.22. The van der Waals surface area contributed by atoms with E-state index >= 15 is 0 Å².